The standard InChI is InChI=1S/C14H19N5/c1-10-5-2-3-8-13(10)15-12-7-4-6-11(9-12)14-16-18-19-17-14/h4,6-7,9-10,13,15H,2-3,5,8H2,1H3,(H,16,17,18,19). The molecule has 1 heterocycles. The molecule has 0 spiro atoms. The van der Waals surface area contributed by atoms with E-state index in [1.807, 2.05) is 12.1 Å². The largest absolute Gasteiger partial charge is 0.382 e. The lowest BCUT2D eigenvalue weighted by molar-refractivity contribution is 0.349. The second-order valence-corrected chi connectivity index (χ2v) is 5.33. The smallest absolute Gasteiger partial charge is 0.204 e. The zero-order valence-electron chi connectivity index (χ0n) is 11.1. The van der Waals surface area contributed by atoms with Gasteiger partial charge < -0.3 is 5.32 Å². The van der Waals surface area contributed by atoms with E-state index in [2.05, 4.69) is 45.0 Å². The van der Waals surface area contributed by atoms with Crippen molar-refractivity contribution in [2.45, 2.75) is 38.6 Å². The number of nitrogens with one attached hydrogen (secondary N) is 2. The van der Waals surface area contributed by atoms with E-state index in [9.17, 15) is 0 Å². The number of hydrogen-bond donors (Lipinski definition) is 2. The highest BCUT2D eigenvalue weighted by Crippen LogP contribution is 2.27. The average Bonchev–Trinajstić information content (AvgIpc) is 2.96. The molecule has 0 saturated heterocycles. The topological polar surface area (TPSA) is 66.5 Å². The van der Waals surface area contributed by atoms with Crippen LogP contribution in [0.25, 0.3) is 11.4 Å². The van der Waals surface area contributed by atoms with Gasteiger partial charge in [0.2, 0.25) is 5.82 Å². The van der Waals surface area contributed by atoms with Crippen LogP contribution in [0.2, 0.25) is 0 Å². The molecule has 2 N–H and O–H groups in total. The average molecular weight is 257 g/mol. The first-order valence-electron chi connectivity index (χ1n) is 6.93. The normalized spacial score (nSPS) is 23.2. The van der Waals surface area contributed by atoms with Crippen molar-refractivity contribution in [2.75, 3.05) is 5.32 Å². The predicted molar refractivity (Wildman–Crippen MR) is 74.7 cm³/mol. The third kappa shape index (κ3) is 2.75. The fraction of sp³-hybridized carbons (Fsp3) is 0.500. The van der Waals surface area contributed by atoms with Crippen molar-refractivity contribution in [1.82, 2.24) is 20.6 Å². The lowest BCUT2D eigenvalue weighted by Gasteiger charge is -2.30. The first kappa shape index (κ1) is 12.1. The molecule has 1 fully saturated rings. The lowest BCUT2D eigenvalue weighted by atomic mass is 9.86. The van der Waals surface area contributed by atoms with Crippen molar-refractivity contribution >= 4 is 5.69 Å². The molecule has 5 heteroatoms. The van der Waals surface area contributed by atoms with Crippen LogP contribution in [0.5, 0.6) is 0 Å². The number of nitrogens with zero attached hydrogens (tertiary/aromatic N) is 3. The first-order valence-corrected chi connectivity index (χ1v) is 6.93. The van der Waals surface area contributed by atoms with Crippen molar-refractivity contribution in [3.63, 3.8) is 0 Å². The molecule has 0 radical (unpaired) electrons. The van der Waals surface area contributed by atoms with Crippen LogP contribution in [0.1, 0.15) is 32.6 Å². The van der Waals surface area contributed by atoms with Gasteiger partial charge in [0.15, 0.2) is 0 Å². The van der Waals surface area contributed by atoms with E-state index in [0.717, 1.165) is 17.2 Å². The zero-order valence-corrected chi connectivity index (χ0v) is 11.1. The van der Waals surface area contributed by atoms with Gasteiger partial charge in [-0.25, -0.2) is 0 Å². The maximum atomic E-state index is 4.01. The number of aromatic amines is 1. The van der Waals surface area contributed by atoms with Gasteiger partial charge in [-0.1, -0.05) is 31.9 Å². The van der Waals surface area contributed by atoms with E-state index in [-0.39, 0.29) is 0 Å². The Morgan fingerprint density at radius 2 is 2.16 bits per heavy atom. The fourth-order valence-electron chi connectivity index (χ4n) is 2.78. The first-order chi connectivity index (χ1) is 9.33. The van der Waals surface area contributed by atoms with Gasteiger partial charge in [-0.3, -0.25) is 0 Å². The van der Waals surface area contributed by atoms with Crippen LogP contribution in [-0.2, 0) is 0 Å². The summed E-state index contributed by atoms with van der Waals surface area (Å²) in [6.07, 6.45) is 5.27. The van der Waals surface area contributed by atoms with Gasteiger partial charge in [0.25, 0.3) is 0 Å². The van der Waals surface area contributed by atoms with E-state index in [4.69, 9.17) is 0 Å². The van der Waals surface area contributed by atoms with Gasteiger partial charge in [-0.2, -0.15) is 5.21 Å². The maximum Gasteiger partial charge on any atom is 0.204 e. The number of rotatable bonds is 3. The Morgan fingerprint density at radius 1 is 1.26 bits per heavy atom. The van der Waals surface area contributed by atoms with Crippen molar-refractivity contribution < 1.29 is 0 Å². The fourth-order valence-corrected chi connectivity index (χ4v) is 2.78. The SMILES string of the molecule is CC1CCCCC1Nc1cccc(-c2nn[nH]n2)c1. The molecule has 1 saturated carbocycles. The zero-order chi connectivity index (χ0) is 13.1. The number of benzene rings is 1. The van der Waals surface area contributed by atoms with Gasteiger partial charge in [0, 0.05) is 17.3 Å². The van der Waals surface area contributed by atoms with Crippen LogP contribution in [0.15, 0.2) is 24.3 Å². The molecule has 1 aromatic heterocycles. The number of aromatic nitrogens is 4. The monoisotopic (exact) mass is 257 g/mol. The Balaban J connectivity index is 1.76. The van der Waals surface area contributed by atoms with E-state index < -0.39 is 0 Å². The van der Waals surface area contributed by atoms with Gasteiger partial charge in [-0.15, -0.1) is 10.2 Å². The summed E-state index contributed by atoms with van der Waals surface area (Å²) in [6, 6.07) is 8.80. The Labute approximate surface area is 112 Å². The second-order valence-electron chi connectivity index (χ2n) is 5.33. The van der Waals surface area contributed by atoms with Gasteiger partial charge in [-0.05, 0) is 36.1 Å². The van der Waals surface area contributed by atoms with Crippen molar-refractivity contribution in [2.24, 2.45) is 5.92 Å². The van der Waals surface area contributed by atoms with E-state index in [0.29, 0.717) is 11.9 Å². The van der Waals surface area contributed by atoms with E-state index in [1.165, 1.54) is 25.7 Å². The Morgan fingerprint density at radius 3 is 2.95 bits per heavy atom. The molecule has 0 aliphatic heterocycles. The van der Waals surface area contributed by atoms with E-state index in [1.54, 1.807) is 0 Å². The Hall–Kier alpha value is -1.91. The lowest BCUT2D eigenvalue weighted by Crippen LogP contribution is -2.30. The third-order valence-corrected chi connectivity index (χ3v) is 3.93. The minimum atomic E-state index is 0.578. The molecule has 2 unspecified atom stereocenters. The highest BCUT2D eigenvalue weighted by molar-refractivity contribution is 5.61. The number of H-pyrrole nitrogens is 1. The van der Waals surface area contributed by atoms with E-state index >= 15 is 0 Å². The molecule has 1 aliphatic rings. The highest BCUT2D eigenvalue weighted by Gasteiger charge is 2.20. The third-order valence-electron chi connectivity index (χ3n) is 3.93. The van der Waals surface area contributed by atoms with Crippen molar-refractivity contribution in [3.8, 4) is 11.4 Å². The number of tetrazole rings is 1. The molecule has 100 valence electrons. The summed E-state index contributed by atoms with van der Waals surface area (Å²) in [5, 5.41) is 17.8. The molecule has 5 nitrogen and oxygen atoms in total. The summed E-state index contributed by atoms with van der Waals surface area (Å²) < 4.78 is 0. The minimum absolute atomic E-state index is 0.578. The molecule has 1 aliphatic carbocycles. The summed E-state index contributed by atoms with van der Waals surface area (Å²) in [6.45, 7) is 2.33. The van der Waals surface area contributed by atoms with Gasteiger partial charge in [0.05, 0.1) is 0 Å². The molecule has 2 aromatic rings. The van der Waals surface area contributed by atoms with Crippen LogP contribution in [0, 0.1) is 5.92 Å². The molecule has 19 heavy (non-hydrogen) atoms. The quantitative estimate of drug-likeness (QED) is 0.887. The summed E-state index contributed by atoms with van der Waals surface area (Å²) in [4.78, 5) is 0. The molecular weight excluding hydrogens is 238 g/mol. The highest BCUT2D eigenvalue weighted by atomic mass is 15.5. The second kappa shape index (κ2) is 5.38. The van der Waals surface area contributed by atoms with Gasteiger partial charge >= 0.3 is 0 Å². The predicted octanol–water partition coefficient (Wildman–Crippen LogP) is 2.86. The Kier molecular flexibility index (Phi) is 3.44. The van der Waals surface area contributed by atoms with Crippen molar-refractivity contribution in [1.29, 1.82) is 0 Å². The van der Waals surface area contributed by atoms with Crippen LogP contribution in [0.4, 0.5) is 5.69 Å². The molecular formula is C14H19N5. The summed E-state index contributed by atoms with van der Waals surface area (Å²) in [5.74, 6) is 1.38. The summed E-state index contributed by atoms with van der Waals surface area (Å²) >= 11 is 0. The molecule has 0 amide bonds. The number of hydrogen-bond acceptors (Lipinski definition) is 4. The minimum Gasteiger partial charge on any atom is -0.382 e. The maximum absolute atomic E-state index is 4.01. The molecule has 3 rings (SSSR count). The van der Waals surface area contributed by atoms with Crippen LogP contribution in [-0.4, -0.2) is 26.7 Å². The summed E-state index contributed by atoms with van der Waals surface area (Å²) in [5.41, 5.74) is 2.13. The van der Waals surface area contributed by atoms with Gasteiger partial charge in [0.1, 0.15) is 0 Å². The van der Waals surface area contributed by atoms with Crippen molar-refractivity contribution in [3.05, 3.63) is 24.3 Å². The van der Waals surface area contributed by atoms with Crippen LogP contribution >= 0.6 is 0 Å². The molecule has 0 bridgehead atoms. The number of anilines is 1. The van der Waals surface area contributed by atoms with Crippen LogP contribution in [0.3, 0.4) is 0 Å². The molecule has 1 aromatic carbocycles. The van der Waals surface area contributed by atoms with Crippen LogP contribution < -0.4 is 5.32 Å². The Bertz CT molecular complexity index is 522. The summed E-state index contributed by atoms with van der Waals surface area (Å²) in [7, 11) is 0. The molecule has 2 atom stereocenters.